The minimum atomic E-state index is -1.09. The van der Waals surface area contributed by atoms with Crippen molar-refractivity contribution in [2.75, 3.05) is 11.6 Å². The molecular weight excluding hydrogens is 415 g/mol. The highest BCUT2D eigenvalue weighted by Gasteiger charge is 2.14. The predicted octanol–water partition coefficient (Wildman–Crippen LogP) is 5.49. The van der Waals surface area contributed by atoms with E-state index in [2.05, 4.69) is 11.7 Å². The molecule has 6 nitrogen and oxygen atoms in total. The van der Waals surface area contributed by atoms with Crippen molar-refractivity contribution in [2.45, 2.75) is 26.2 Å². The molecule has 0 aliphatic rings. The van der Waals surface area contributed by atoms with Crippen LogP contribution in [0.25, 0.3) is 0 Å². The molecule has 0 fully saturated rings. The van der Waals surface area contributed by atoms with E-state index >= 15 is 0 Å². The average molecular weight is 437 g/mol. The smallest absolute Gasteiger partial charge is 0.341 e. The Morgan fingerprint density at radius 3 is 2.55 bits per heavy atom. The van der Waals surface area contributed by atoms with Crippen molar-refractivity contribution in [3.63, 3.8) is 0 Å². The lowest BCUT2D eigenvalue weighted by atomic mass is 10.0. The summed E-state index contributed by atoms with van der Waals surface area (Å²) in [6.45, 7) is 5.31. The van der Waals surface area contributed by atoms with Gasteiger partial charge in [0.25, 0.3) is 0 Å². The molecule has 29 heavy (non-hydrogen) atoms. The number of rotatable bonds is 10. The number of carboxylic acids is 1. The first-order valence-electron chi connectivity index (χ1n) is 8.94. The maximum Gasteiger partial charge on any atom is 0.341 e. The zero-order valence-electron chi connectivity index (χ0n) is 15.9. The van der Waals surface area contributed by atoms with Gasteiger partial charge in [0.05, 0.1) is 0 Å². The lowest BCUT2D eigenvalue weighted by Crippen LogP contribution is -2.09. The Bertz CT molecular complexity index is 893. The number of unbranched alkanes of at least 4 members (excludes halogenated alkanes) is 1. The summed E-state index contributed by atoms with van der Waals surface area (Å²) in [5.41, 5.74) is 1.99. The molecule has 0 heterocycles. The van der Waals surface area contributed by atoms with E-state index in [0.29, 0.717) is 27.7 Å². The summed E-state index contributed by atoms with van der Waals surface area (Å²) in [5.74, 6) is -0.746. The Kier molecular flexibility index (Phi) is 8.36. The van der Waals surface area contributed by atoms with Crippen LogP contribution in [-0.4, -0.2) is 29.0 Å². The highest BCUT2D eigenvalue weighted by molar-refractivity contribution is 6.36. The van der Waals surface area contributed by atoms with Gasteiger partial charge in [0.15, 0.2) is 6.61 Å². The number of aromatic hydroxyl groups is 1. The van der Waals surface area contributed by atoms with Crippen molar-refractivity contribution in [3.8, 4) is 11.5 Å². The zero-order chi connectivity index (χ0) is 21.4. The second-order valence-corrected chi connectivity index (χ2v) is 6.98. The van der Waals surface area contributed by atoms with E-state index in [-0.39, 0.29) is 11.5 Å². The standard InChI is InChI=1S/C21H22Cl2N2O4/c1-3-5-8-24-25(4-2)19-10-14(6-7-20(19)26)9-16-17(22)11-15(12-18(16)23)29-13-21(27)28/h4,6-8,10-12,26H,2-3,5,9,13H2,1H3,(H,27,28)/b24-8-. The van der Waals surface area contributed by atoms with Gasteiger partial charge < -0.3 is 14.9 Å². The number of carboxylic acid groups (broad SMARTS) is 1. The summed E-state index contributed by atoms with van der Waals surface area (Å²) < 4.78 is 5.13. The van der Waals surface area contributed by atoms with Crippen LogP contribution in [0.3, 0.4) is 0 Å². The Labute approximate surface area is 179 Å². The van der Waals surface area contributed by atoms with Crippen molar-refractivity contribution in [3.05, 3.63) is 64.3 Å². The van der Waals surface area contributed by atoms with Crippen molar-refractivity contribution < 1.29 is 19.7 Å². The van der Waals surface area contributed by atoms with Gasteiger partial charge in [-0.25, -0.2) is 9.80 Å². The summed E-state index contributed by atoms with van der Waals surface area (Å²) in [7, 11) is 0. The van der Waals surface area contributed by atoms with Crippen LogP contribution in [0.1, 0.15) is 30.9 Å². The molecule has 0 radical (unpaired) electrons. The number of phenols is 1. The second-order valence-electron chi connectivity index (χ2n) is 6.16. The van der Waals surface area contributed by atoms with Gasteiger partial charge in [0, 0.05) is 28.9 Å². The first-order valence-corrected chi connectivity index (χ1v) is 9.70. The van der Waals surface area contributed by atoms with Crippen LogP contribution < -0.4 is 9.75 Å². The molecule has 0 saturated carbocycles. The van der Waals surface area contributed by atoms with Crippen molar-refractivity contribution in [2.24, 2.45) is 5.10 Å². The third kappa shape index (κ3) is 6.41. The van der Waals surface area contributed by atoms with Crippen LogP contribution >= 0.6 is 23.2 Å². The molecule has 0 saturated heterocycles. The molecule has 2 rings (SSSR count). The minimum absolute atomic E-state index is 0.0666. The summed E-state index contributed by atoms with van der Waals surface area (Å²) in [5, 5.41) is 25.5. The first-order chi connectivity index (χ1) is 13.8. The Morgan fingerprint density at radius 1 is 1.28 bits per heavy atom. The summed E-state index contributed by atoms with van der Waals surface area (Å²) in [6, 6.07) is 8.16. The van der Waals surface area contributed by atoms with Gasteiger partial charge in [-0.1, -0.05) is 49.2 Å². The van der Waals surface area contributed by atoms with Crippen molar-refractivity contribution >= 4 is 41.1 Å². The summed E-state index contributed by atoms with van der Waals surface area (Å²) in [4.78, 5) is 10.6. The third-order valence-corrected chi connectivity index (χ3v) is 4.62. The molecule has 154 valence electrons. The molecule has 0 unspecified atom stereocenters. The molecule has 2 aromatic rings. The Balaban J connectivity index is 2.28. The van der Waals surface area contributed by atoms with Gasteiger partial charge in [0.1, 0.15) is 17.2 Å². The summed E-state index contributed by atoms with van der Waals surface area (Å²) in [6.07, 6.45) is 5.45. The predicted molar refractivity (Wildman–Crippen MR) is 117 cm³/mol. The van der Waals surface area contributed by atoms with E-state index in [9.17, 15) is 9.90 Å². The quantitative estimate of drug-likeness (QED) is 0.380. The largest absolute Gasteiger partial charge is 0.506 e. The number of aliphatic carboxylic acids is 1. The molecule has 0 spiro atoms. The first kappa shape index (κ1) is 22.6. The fraction of sp³-hybridized carbons (Fsp3) is 0.238. The molecule has 8 heteroatoms. The van der Waals surface area contributed by atoms with E-state index in [1.165, 1.54) is 23.3 Å². The van der Waals surface area contributed by atoms with Gasteiger partial charge in [-0.2, -0.15) is 5.10 Å². The number of hydrogen-bond acceptors (Lipinski definition) is 5. The number of hydrogen-bond donors (Lipinski definition) is 2. The lowest BCUT2D eigenvalue weighted by molar-refractivity contribution is -0.139. The van der Waals surface area contributed by atoms with Gasteiger partial charge in [0.2, 0.25) is 0 Å². The molecule has 0 atom stereocenters. The highest BCUT2D eigenvalue weighted by atomic mass is 35.5. The molecule has 0 aliphatic heterocycles. The number of carbonyl (C=O) groups is 1. The normalized spacial score (nSPS) is 10.9. The Hall–Kier alpha value is -2.70. The van der Waals surface area contributed by atoms with E-state index in [1.54, 1.807) is 24.4 Å². The molecule has 0 aromatic heterocycles. The number of ether oxygens (including phenoxy) is 1. The molecule has 2 aromatic carbocycles. The second kappa shape index (κ2) is 10.7. The topological polar surface area (TPSA) is 82.4 Å². The SMILES string of the molecule is C=CN(/N=C\CCC)c1cc(Cc2c(Cl)cc(OCC(=O)O)cc2Cl)ccc1O. The molecule has 0 bridgehead atoms. The number of phenolic OH excluding ortho intramolecular Hbond substituents is 1. The average Bonchev–Trinajstić information content (AvgIpc) is 2.68. The number of nitrogens with zero attached hydrogens (tertiary/aromatic N) is 2. The van der Waals surface area contributed by atoms with Crippen LogP contribution in [0.5, 0.6) is 11.5 Å². The van der Waals surface area contributed by atoms with Gasteiger partial charge in [-0.3, -0.25) is 0 Å². The molecular formula is C21H22Cl2N2O4. The zero-order valence-corrected chi connectivity index (χ0v) is 17.5. The van der Waals surface area contributed by atoms with Gasteiger partial charge in [-0.05, 0) is 41.8 Å². The number of benzene rings is 2. The number of hydrazone groups is 1. The number of anilines is 1. The van der Waals surface area contributed by atoms with E-state index in [0.717, 1.165) is 18.4 Å². The maximum absolute atomic E-state index is 10.6. The highest BCUT2D eigenvalue weighted by Crippen LogP contribution is 2.34. The van der Waals surface area contributed by atoms with Gasteiger partial charge in [-0.15, -0.1) is 0 Å². The molecule has 0 amide bonds. The van der Waals surface area contributed by atoms with Crippen LogP contribution in [-0.2, 0) is 11.2 Å². The minimum Gasteiger partial charge on any atom is -0.506 e. The van der Waals surface area contributed by atoms with E-state index in [4.69, 9.17) is 33.0 Å². The summed E-state index contributed by atoms with van der Waals surface area (Å²) >= 11 is 12.7. The van der Waals surface area contributed by atoms with Crippen LogP contribution in [0.2, 0.25) is 10.0 Å². The van der Waals surface area contributed by atoms with Gasteiger partial charge >= 0.3 is 5.97 Å². The van der Waals surface area contributed by atoms with E-state index in [1.807, 2.05) is 6.92 Å². The monoisotopic (exact) mass is 436 g/mol. The van der Waals surface area contributed by atoms with Crippen LogP contribution in [0.4, 0.5) is 5.69 Å². The van der Waals surface area contributed by atoms with Crippen molar-refractivity contribution in [1.82, 2.24) is 0 Å². The van der Waals surface area contributed by atoms with E-state index < -0.39 is 12.6 Å². The molecule has 0 aliphatic carbocycles. The van der Waals surface area contributed by atoms with Crippen LogP contribution in [0, 0.1) is 0 Å². The third-order valence-electron chi connectivity index (χ3n) is 3.94. The molecule has 2 N–H and O–H groups in total. The fourth-order valence-corrected chi connectivity index (χ4v) is 3.13. The number of halogens is 2. The maximum atomic E-state index is 10.6. The van der Waals surface area contributed by atoms with Crippen LogP contribution in [0.15, 0.2) is 48.2 Å². The Morgan fingerprint density at radius 2 is 1.97 bits per heavy atom. The van der Waals surface area contributed by atoms with Crippen molar-refractivity contribution in [1.29, 1.82) is 0 Å². The fourth-order valence-electron chi connectivity index (χ4n) is 2.53. The lowest BCUT2D eigenvalue weighted by Gasteiger charge is -2.17.